The van der Waals surface area contributed by atoms with Crippen LogP contribution in [0.25, 0.3) is 0 Å². The zero-order valence-corrected chi connectivity index (χ0v) is 27.2. The number of hydrogen-bond acceptors (Lipinski definition) is 10. The van der Waals surface area contributed by atoms with Crippen LogP contribution >= 0.6 is 11.3 Å². The molecule has 13 heteroatoms. The molecule has 0 aliphatic heterocycles. The van der Waals surface area contributed by atoms with Gasteiger partial charge in [-0.2, -0.15) is 5.10 Å². The van der Waals surface area contributed by atoms with Gasteiger partial charge in [0.05, 0.1) is 18.2 Å². The minimum atomic E-state index is -0.742. The summed E-state index contributed by atoms with van der Waals surface area (Å²) >= 11 is 1.43. The van der Waals surface area contributed by atoms with Gasteiger partial charge in [0.1, 0.15) is 22.7 Å². The molecule has 0 aliphatic rings. The predicted molar refractivity (Wildman–Crippen MR) is 175 cm³/mol. The van der Waals surface area contributed by atoms with Crippen molar-refractivity contribution in [3.8, 4) is 0 Å². The van der Waals surface area contributed by atoms with Gasteiger partial charge in [-0.25, -0.2) is 9.18 Å². The minimum Gasteiger partial charge on any atom is -0.444 e. The number of carbonyl (C=O) groups excluding carboxylic acids is 2. The van der Waals surface area contributed by atoms with Gasteiger partial charge in [-0.15, -0.1) is 15.3 Å². The van der Waals surface area contributed by atoms with Crippen molar-refractivity contribution in [2.45, 2.75) is 84.1 Å². The monoisotopic (exact) mass is 649 g/mol. The van der Waals surface area contributed by atoms with E-state index in [2.05, 4.69) is 36.3 Å². The van der Waals surface area contributed by atoms with E-state index in [0.29, 0.717) is 22.9 Å². The molecule has 0 radical (unpaired) electrons. The highest BCUT2D eigenvalue weighted by atomic mass is 32.1. The summed E-state index contributed by atoms with van der Waals surface area (Å²) in [5.74, 6) is -0.501. The maximum absolute atomic E-state index is 14.5. The van der Waals surface area contributed by atoms with Gasteiger partial charge in [-0.05, 0) is 76.3 Å². The van der Waals surface area contributed by atoms with Crippen molar-refractivity contribution in [1.82, 2.24) is 25.7 Å². The third-order valence-electron chi connectivity index (χ3n) is 6.71. The van der Waals surface area contributed by atoms with Crippen molar-refractivity contribution in [2.24, 2.45) is 0 Å². The summed E-state index contributed by atoms with van der Waals surface area (Å²) in [5.41, 5.74) is 1.99. The molecule has 0 saturated heterocycles. The number of aliphatic hydroxyl groups is 1. The van der Waals surface area contributed by atoms with Crippen molar-refractivity contribution in [3.63, 3.8) is 0 Å². The third-order valence-corrected chi connectivity index (χ3v) is 7.63. The molecule has 4 N–H and O–H groups in total. The van der Waals surface area contributed by atoms with Crippen LogP contribution in [0.1, 0.15) is 74.0 Å². The Morgan fingerprint density at radius 3 is 2.43 bits per heavy atom. The van der Waals surface area contributed by atoms with Gasteiger partial charge >= 0.3 is 6.09 Å². The van der Waals surface area contributed by atoms with Crippen LogP contribution in [-0.4, -0.2) is 49.3 Å². The number of aliphatic hydroxyl groups excluding tert-OH is 1. The Labute approximate surface area is 272 Å². The molecule has 2 amide bonds. The molecule has 2 aromatic carbocycles. The molecule has 4 aromatic rings. The molecule has 244 valence electrons. The van der Waals surface area contributed by atoms with E-state index in [-0.39, 0.29) is 17.9 Å². The zero-order valence-electron chi connectivity index (χ0n) is 26.4. The van der Waals surface area contributed by atoms with Crippen LogP contribution in [0.4, 0.5) is 20.1 Å². The number of nitrogens with zero attached hydrogens (tertiary/aromatic N) is 4. The van der Waals surface area contributed by atoms with Gasteiger partial charge in [-0.3, -0.25) is 4.79 Å². The first kappa shape index (κ1) is 34.4. The number of amides is 2. The summed E-state index contributed by atoms with van der Waals surface area (Å²) in [6, 6.07) is 17.0. The minimum absolute atomic E-state index is 0.00922. The van der Waals surface area contributed by atoms with Crippen LogP contribution in [0, 0.1) is 5.82 Å². The van der Waals surface area contributed by atoms with Crippen molar-refractivity contribution < 1.29 is 23.8 Å². The quantitative estimate of drug-likeness (QED) is 0.0985. The maximum Gasteiger partial charge on any atom is 0.408 e. The van der Waals surface area contributed by atoms with Gasteiger partial charge in [0.2, 0.25) is 11.0 Å². The van der Waals surface area contributed by atoms with Crippen LogP contribution < -0.4 is 16.0 Å². The largest absolute Gasteiger partial charge is 0.444 e. The van der Waals surface area contributed by atoms with Crippen molar-refractivity contribution in [2.75, 3.05) is 10.6 Å². The van der Waals surface area contributed by atoms with Crippen LogP contribution in [0.3, 0.4) is 0 Å². The summed E-state index contributed by atoms with van der Waals surface area (Å²) in [6.07, 6.45) is 2.30. The van der Waals surface area contributed by atoms with Crippen molar-refractivity contribution in [1.29, 1.82) is 0 Å². The smallest absolute Gasteiger partial charge is 0.408 e. The molecule has 2 aromatic heterocycles. The first-order valence-corrected chi connectivity index (χ1v) is 16.0. The van der Waals surface area contributed by atoms with Gasteiger partial charge in [0.25, 0.3) is 0 Å². The van der Waals surface area contributed by atoms with Crippen LogP contribution in [-0.2, 0) is 35.2 Å². The molecule has 46 heavy (non-hydrogen) atoms. The highest BCUT2D eigenvalue weighted by Gasteiger charge is 2.20. The number of aryl methyl sites for hydroxylation is 2. The average Bonchev–Trinajstić information content (AvgIpc) is 3.43. The number of hydrogen-bond donors (Lipinski definition) is 4. The lowest BCUT2D eigenvalue weighted by atomic mass is 10.0. The summed E-state index contributed by atoms with van der Waals surface area (Å²) in [7, 11) is 0. The highest BCUT2D eigenvalue weighted by molar-refractivity contribution is 7.15. The summed E-state index contributed by atoms with van der Waals surface area (Å²) in [5, 5.41) is 36.8. The molecular formula is C33H40FN7O4S. The molecule has 0 fully saturated rings. The lowest BCUT2D eigenvalue weighted by molar-refractivity contribution is -0.115. The Balaban J connectivity index is 1.18. The van der Waals surface area contributed by atoms with Crippen molar-refractivity contribution in [3.05, 3.63) is 93.9 Å². The van der Waals surface area contributed by atoms with E-state index < -0.39 is 29.8 Å². The molecule has 4 rings (SSSR count). The number of unbranched alkanes of at least 4 members (excludes halogenated alkanes) is 1. The number of nitrogens with one attached hydrogen (secondary N) is 3. The summed E-state index contributed by atoms with van der Waals surface area (Å²) in [6.45, 7) is 6.88. The number of benzene rings is 2. The van der Waals surface area contributed by atoms with E-state index in [1.165, 1.54) is 23.5 Å². The van der Waals surface area contributed by atoms with Gasteiger partial charge < -0.3 is 25.8 Å². The Kier molecular flexibility index (Phi) is 12.1. The molecular weight excluding hydrogens is 609 g/mol. The standard InChI is InChI=1S/C33H40FN7O4S/c1-21(35-32(44)45-33(2,3)4)25-18-23(14-16-26(25)34)20-28(42)36-27-17-15-24(38-39-27)12-8-9-13-30-40-41-31(46-30)37-29(43)19-22-10-6-5-7-11-22/h5-7,10-11,14-18,21,29,43H,8-9,12-13,19-20H2,1-4H3,(H,35,44)(H,37,41)(H,36,39,42). The van der Waals surface area contributed by atoms with E-state index in [9.17, 15) is 19.1 Å². The number of carbonyl (C=O) groups is 2. The Morgan fingerprint density at radius 2 is 1.72 bits per heavy atom. The molecule has 2 unspecified atom stereocenters. The Bertz CT molecular complexity index is 1580. The molecule has 0 spiro atoms. The fourth-order valence-corrected chi connectivity index (χ4v) is 5.38. The summed E-state index contributed by atoms with van der Waals surface area (Å²) < 4.78 is 19.8. The second-order valence-corrected chi connectivity index (χ2v) is 13.0. The second-order valence-electron chi connectivity index (χ2n) is 11.9. The third kappa shape index (κ3) is 11.5. The van der Waals surface area contributed by atoms with E-state index in [1.807, 2.05) is 36.4 Å². The fraction of sp³-hybridized carbons (Fsp3) is 0.394. The summed E-state index contributed by atoms with van der Waals surface area (Å²) in [4.78, 5) is 24.8. The maximum atomic E-state index is 14.5. The lowest BCUT2D eigenvalue weighted by Gasteiger charge is -2.22. The first-order chi connectivity index (χ1) is 21.9. The molecule has 0 bridgehead atoms. The first-order valence-electron chi connectivity index (χ1n) is 15.1. The van der Waals surface area contributed by atoms with Gasteiger partial charge in [0, 0.05) is 18.4 Å². The number of rotatable bonds is 14. The van der Waals surface area contributed by atoms with E-state index in [4.69, 9.17) is 4.74 Å². The molecule has 2 heterocycles. The van der Waals surface area contributed by atoms with Crippen LogP contribution in [0.2, 0.25) is 0 Å². The lowest BCUT2D eigenvalue weighted by Crippen LogP contribution is -2.34. The molecule has 2 atom stereocenters. The number of ether oxygens (including phenoxy) is 1. The number of halogens is 1. The van der Waals surface area contributed by atoms with Crippen LogP contribution in [0.5, 0.6) is 0 Å². The molecule has 0 saturated carbocycles. The number of anilines is 2. The highest BCUT2D eigenvalue weighted by Crippen LogP contribution is 2.21. The fourth-order valence-electron chi connectivity index (χ4n) is 4.56. The van der Waals surface area contributed by atoms with Gasteiger partial charge in [0.15, 0.2) is 5.82 Å². The van der Waals surface area contributed by atoms with E-state index >= 15 is 0 Å². The van der Waals surface area contributed by atoms with Crippen LogP contribution in [0.15, 0.2) is 60.7 Å². The molecule has 11 nitrogen and oxygen atoms in total. The SMILES string of the molecule is CC(NC(=O)OC(C)(C)C)c1cc(CC(=O)Nc2ccc(CCCCc3nnc(NC(O)Cc4ccccc4)s3)nn2)ccc1F. The van der Waals surface area contributed by atoms with Crippen molar-refractivity contribution >= 4 is 34.3 Å². The number of aromatic nitrogens is 4. The zero-order chi connectivity index (χ0) is 33.1. The molecule has 0 aliphatic carbocycles. The topological polar surface area (TPSA) is 151 Å². The second kappa shape index (κ2) is 16.2. The normalized spacial score (nSPS) is 12.7. The van der Waals surface area contributed by atoms with E-state index in [1.54, 1.807) is 39.8 Å². The number of alkyl carbamates (subject to hydrolysis) is 1. The Morgan fingerprint density at radius 1 is 0.957 bits per heavy atom. The van der Waals surface area contributed by atoms with Gasteiger partial charge in [-0.1, -0.05) is 53.8 Å². The Hall–Kier alpha value is -4.49. The average molecular weight is 650 g/mol. The predicted octanol–water partition coefficient (Wildman–Crippen LogP) is 5.77. The van der Waals surface area contributed by atoms with E-state index in [0.717, 1.165) is 41.9 Å².